The Labute approximate surface area is 188 Å². The molecule has 0 aliphatic carbocycles. The molecular weight excluding hydrogens is 432 g/mol. The van der Waals surface area contributed by atoms with Crippen molar-refractivity contribution in [1.82, 2.24) is 4.98 Å². The van der Waals surface area contributed by atoms with Crippen LogP contribution in [0.25, 0.3) is 16.3 Å². The van der Waals surface area contributed by atoms with Crippen molar-refractivity contribution in [2.75, 3.05) is 12.4 Å². The summed E-state index contributed by atoms with van der Waals surface area (Å²) >= 11 is 7.35. The van der Waals surface area contributed by atoms with E-state index in [2.05, 4.69) is 10.3 Å². The van der Waals surface area contributed by atoms with E-state index in [0.717, 1.165) is 21.3 Å². The van der Waals surface area contributed by atoms with E-state index in [4.69, 9.17) is 21.1 Å². The highest BCUT2D eigenvalue weighted by Gasteiger charge is 2.07. The fourth-order valence-electron chi connectivity index (χ4n) is 2.89. The molecule has 1 N–H and O–H groups in total. The van der Waals surface area contributed by atoms with Crippen LogP contribution in [0.15, 0.2) is 72.8 Å². The van der Waals surface area contributed by atoms with Gasteiger partial charge in [0.25, 0.3) is 0 Å². The number of nitrogens with one attached hydrogen (secondary N) is 1. The summed E-state index contributed by atoms with van der Waals surface area (Å²) in [5, 5.41) is 4.05. The second kappa shape index (κ2) is 9.64. The van der Waals surface area contributed by atoms with Gasteiger partial charge in [0, 0.05) is 11.1 Å². The van der Waals surface area contributed by atoms with E-state index in [1.54, 1.807) is 13.2 Å². The molecule has 1 aromatic heterocycles. The van der Waals surface area contributed by atoms with Gasteiger partial charge in [-0.15, -0.1) is 0 Å². The van der Waals surface area contributed by atoms with Crippen LogP contribution in [0.4, 0.5) is 5.13 Å². The third-order valence-electron chi connectivity index (χ3n) is 4.45. The van der Waals surface area contributed by atoms with Crippen LogP contribution >= 0.6 is 22.9 Å². The number of anilines is 1. The molecule has 0 radical (unpaired) electrons. The lowest BCUT2D eigenvalue weighted by molar-refractivity contribution is -0.111. The fraction of sp³-hybridized carbons (Fsp3) is 0.0833. The van der Waals surface area contributed by atoms with E-state index in [-0.39, 0.29) is 5.91 Å². The molecule has 0 aliphatic heterocycles. The molecule has 0 fully saturated rings. The van der Waals surface area contributed by atoms with Crippen LogP contribution in [0.5, 0.6) is 11.5 Å². The Balaban J connectivity index is 1.39. The van der Waals surface area contributed by atoms with Gasteiger partial charge in [-0.1, -0.05) is 53.3 Å². The third-order valence-corrected chi connectivity index (χ3v) is 5.65. The number of rotatable bonds is 7. The Morgan fingerprint density at radius 3 is 2.68 bits per heavy atom. The van der Waals surface area contributed by atoms with Gasteiger partial charge in [0.1, 0.15) is 6.61 Å². The summed E-state index contributed by atoms with van der Waals surface area (Å²) in [4.78, 5) is 16.7. The average Bonchev–Trinajstić information content (AvgIpc) is 3.19. The van der Waals surface area contributed by atoms with Gasteiger partial charge in [0.15, 0.2) is 16.6 Å². The van der Waals surface area contributed by atoms with Crippen LogP contribution in [0, 0.1) is 0 Å². The van der Waals surface area contributed by atoms with Gasteiger partial charge in [0.05, 0.1) is 17.3 Å². The van der Waals surface area contributed by atoms with E-state index in [0.29, 0.717) is 28.3 Å². The number of halogens is 1. The molecule has 0 unspecified atom stereocenters. The SMILES string of the molecule is COc1cc(C=CC(=O)Nc2nc3ccccc3s2)ccc1OCc1ccc(Cl)cc1. The minimum Gasteiger partial charge on any atom is -0.493 e. The van der Waals surface area contributed by atoms with E-state index in [9.17, 15) is 4.79 Å². The van der Waals surface area contributed by atoms with E-state index in [1.165, 1.54) is 17.4 Å². The first-order valence-corrected chi connectivity index (χ1v) is 10.7. The summed E-state index contributed by atoms with van der Waals surface area (Å²) < 4.78 is 12.3. The van der Waals surface area contributed by atoms with Crippen LogP contribution in [0.1, 0.15) is 11.1 Å². The average molecular weight is 451 g/mol. The minimum absolute atomic E-state index is 0.249. The number of para-hydroxylation sites is 1. The molecule has 4 aromatic rings. The highest BCUT2D eigenvalue weighted by Crippen LogP contribution is 2.30. The van der Waals surface area contributed by atoms with Crippen molar-refractivity contribution in [1.29, 1.82) is 0 Å². The summed E-state index contributed by atoms with van der Waals surface area (Å²) in [6.45, 7) is 0.396. The van der Waals surface area contributed by atoms with Gasteiger partial charge in [0.2, 0.25) is 5.91 Å². The van der Waals surface area contributed by atoms with Gasteiger partial charge in [-0.25, -0.2) is 4.98 Å². The van der Waals surface area contributed by atoms with Crippen molar-refractivity contribution in [3.8, 4) is 11.5 Å². The number of nitrogens with zero attached hydrogens (tertiary/aromatic N) is 1. The Morgan fingerprint density at radius 1 is 1.10 bits per heavy atom. The molecule has 5 nitrogen and oxygen atoms in total. The topological polar surface area (TPSA) is 60.5 Å². The Bertz CT molecular complexity index is 1200. The van der Waals surface area contributed by atoms with E-state index < -0.39 is 0 Å². The molecule has 0 bridgehead atoms. The zero-order chi connectivity index (χ0) is 21.6. The van der Waals surface area contributed by atoms with Crippen molar-refractivity contribution in [3.05, 3.63) is 89.0 Å². The standard InChI is InChI=1S/C24H19ClN2O3S/c1-29-21-14-16(8-12-20(21)30-15-17-6-10-18(25)11-7-17)9-13-23(28)27-24-26-19-4-2-3-5-22(19)31-24/h2-14H,15H2,1H3,(H,26,27,28). The molecule has 0 saturated heterocycles. The third kappa shape index (κ3) is 5.42. The van der Waals surface area contributed by atoms with Crippen molar-refractivity contribution in [3.63, 3.8) is 0 Å². The summed E-state index contributed by atoms with van der Waals surface area (Å²) in [5.41, 5.74) is 2.68. The van der Waals surface area contributed by atoms with Crippen LogP contribution < -0.4 is 14.8 Å². The monoisotopic (exact) mass is 450 g/mol. The number of benzene rings is 3. The molecule has 0 aliphatic rings. The minimum atomic E-state index is -0.249. The number of amides is 1. The van der Waals surface area contributed by atoms with Crippen molar-refractivity contribution in [2.45, 2.75) is 6.61 Å². The van der Waals surface area contributed by atoms with E-state index in [1.807, 2.05) is 66.7 Å². The number of thiazole rings is 1. The fourth-order valence-corrected chi connectivity index (χ4v) is 3.89. The molecule has 156 valence electrons. The van der Waals surface area contributed by atoms with Crippen LogP contribution in [0.2, 0.25) is 5.02 Å². The Morgan fingerprint density at radius 2 is 1.90 bits per heavy atom. The van der Waals surface area contributed by atoms with Gasteiger partial charge >= 0.3 is 0 Å². The first-order valence-electron chi connectivity index (χ1n) is 9.50. The van der Waals surface area contributed by atoms with Crippen LogP contribution in [0.3, 0.4) is 0 Å². The van der Waals surface area contributed by atoms with Crippen molar-refractivity contribution in [2.24, 2.45) is 0 Å². The number of hydrogen-bond acceptors (Lipinski definition) is 5. The van der Waals surface area contributed by atoms with Crippen molar-refractivity contribution >= 4 is 50.3 Å². The molecule has 1 heterocycles. The predicted molar refractivity (Wildman–Crippen MR) is 126 cm³/mol. The summed E-state index contributed by atoms with van der Waals surface area (Å²) in [5.74, 6) is 0.956. The quantitative estimate of drug-likeness (QED) is 0.341. The lowest BCUT2D eigenvalue weighted by atomic mass is 10.2. The van der Waals surface area contributed by atoms with Gasteiger partial charge in [-0.2, -0.15) is 0 Å². The Hall–Kier alpha value is -3.35. The molecule has 3 aromatic carbocycles. The molecule has 4 rings (SSSR count). The summed E-state index contributed by atoms with van der Waals surface area (Å²) in [6.07, 6.45) is 3.18. The second-order valence-electron chi connectivity index (χ2n) is 6.63. The van der Waals surface area contributed by atoms with Crippen LogP contribution in [-0.4, -0.2) is 18.0 Å². The zero-order valence-corrected chi connectivity index (χ0v) is 18.2. The number of hydrogen-bond donors (Lipinski definition) is 1. The molecule has 0 saturated carbocycles. The van der Waals surface area contributed by atoms with Gasteiger partial charge in [-0.05, 0) is 53.6 Å². The number of ether oxygens (including phenoxy) is 2. The number of carbonyl (C=O) groups excluding carboxylic acids is 1. The second-order valence-corrected chi connectivity index (χ2v) is 8.10. The molecule has 7 heteroatoms. The maximum Gasteiger partial charge on any atom is 0.250 e. The molecular formula is C24H19ClN2O3S. The number of carbonyl (C=O) groups is 1. The van der Waals surface area contributed by atoms with Crippen molar-refractivity contribution < 1.29 is 14.3 Å². The number of methoxy groups -OCH3 is 1. The normalized spacial score (nSPS) is 11.0. The first-order chi connectivity index (χ1) is 15.1. The summed E-state index contributed by atoms with van der Waals surface area (Å²) in [6, 6.07) is 20.7. The lowest BCUT2D eigenvalue weighted by Crippen LogP contribution is -2.07. The predicted octanol–water partition coefficient (Wildman–Crippen LogP) is 6.19. The van der Waals surface area contributed by atoms with E-state index >= 15 is 0 Å². The van der Waals surface area contributed by atoms with Gasteiger partial charge < -0.3 is 9.47 Å². The molecule has 0 spiro atoms. The smallest absolute Gasteiger partial charge is 0.250 e. The molecule has 1 amide bonds. The largest absolute Gasteiger partial charge is 0.493 e. The van der Waals surface area contributed by atoms with Gasteiger partial charge in [-0.3, -0.25) is 10.1 Å². The maximum absolute atomic E-state index is 12.3. The van der Waals surface area contributed by atoms with Crippen LogP contribution in [-0.2, 0) is 11.4 Å². The first kappa shape index (κ1) is 20.9. The lowest BCUT2D eigenvalue weighted by Gasteiger charge is -2.11. The Kier molecular flexibility index (Phi) is 6.50. The highest BCUT2D eigenvalue weighted by molar-refractivity contribution is 7.22. The molecule has 0 atom stereocenters. The molecule has 31 heavy (non-hydrogen) atoms. The number of aromatic nitrogens is 1. The number of fused-ring (bicyclic) bond motifs is 1. The summed E-state index contributed by atoms with van der Waals surface area (Å²) in [7, 11) is 1.58. The highest BCUT2D eigenvalue weighted by atomic mass is 35.5. The maximum atomic E-state index is 12.3. The zero-order valence-electron chi connectivity index (χ0n) is 16.7.